The predicted molar refractivity (Wildman–Crippen MR) is 53.9 cm³/mol. The molecule has 1 heterocycles. The molecule has 0 spiro atoms. The van der Waals surface area contributed by atoms with E-state index in [2.05, 4.69) is 6.58 Å². The van der Waals surface area contributed by atoms with Crippen molar-refractivity contribution in [2.45, 2.75) is 6.42 Å². The third kappa shape index (κ3) is 2.97. The van der Waals surface area contributed by atoms with Crippen LogP contribution in [0.3, 0.4) is 0 Å². The Labute approximate surface area is 83.3 Å². The number of nitrogens with two attached hydrogens (primary N) is 1. The van der Waals surface area contributed by atoms with Gasteiger partial charge < -0.3 is 15.4 Å². The van der Waals surface area contributed by atoms with Crippen molar-refractivity contribution in [3.8, 4) is 0 Å². The Morgan fingerprint density at radius 1 is 1.79 bits per heavy atom. The fraction of sp³-hybridized carbons (Fsp3) is 0.300. The van der Waals surface area contributed by atoms with Crippen molar-refractivity contribution in [1.82, 2.24) is 4.90 Å². The summed E-state index contributed by atoms with van der Waals surface area (Å²) in [6.45, 7) is 4.66. The van der Waals surface area contributed by atoms with Gasteiger partial charge in [-0.15, -0.1) is 0 Å². The van der Waals surface area contributed by atoms with Crippen LogP contribution >= 0.6 is 0 Å². The van der Waals surface area contributed by atoms with E-state index >= 15 is 0 Å². The molecule has 0 fully saturated rings. The van der Waals surface area contributed by atoms with Crippen molar-refractivity contribution in [3.05, 3.63) is 36.9 Å². The lowest BCUT2D eigenvalue weighted by atomic mass is 10.1. The Bertz CT molecular complexity index is 282. The predicted octanol–water partition coefficient (Wildman–Crippen LogP) is 0.735. The number of amides is 1. The number of ether oxygens (including phenoxy) is 1. The fourth-order valence-electron chi connectivity index (χ4n) is 1.16. The molecule has 0 atom stereocenters. The van der Waals surface area contributed by atoms with Gasteiger partial charge in [-0.1, -0.05) is 12.7 Å². The fourth-order valence-corrected chi connectivity index (χ4v) is 1.16. The lowest BCUT2D eigenvalue weighted by Crippen LogP contribution is -2.23. The third-order valence-corrected chi connectivity index (χ3v) is 1.86. The minimum Gasteiger partial charge on any atom is -0.500 e. The number of nitrogens with zero attached hydrogens (tertiary/aromatic N) is 1. The maximum atomic E-state index is 10.9. The first kappa shape index (κ1) is 10.4. The summed E-state index contributed by atoms with van der Waals surface area (Å²) in [5.41, 5.74) is 5.79. The molecule has 0 aliphatic carbocycles. The highest BCUT2D eigenvalue weighted by molar-refractivity contribution is 5.92. The molecule has 2 N–H and O–H groups in total. The van der Waals surface area contributed by atoms with Crippen LogP contribution in [0.2, 0.25) is 0 Å². The van der Waals surface area contributed by atoms with Gasteiger partial charge in [0.2, 0.25) is 5.91 Å². The molecular formula is C10H14N2O2. The van der Waals surface area contributed by atoms with Crippen LogP contribution in [0.25, 0.3) is 0 Å². The van der Waals surface area contributed by atoms with Crippen LogP contribution in [0.5, 0.6) is 0 Å². The van der Waals surface area contributed by atoms with Gasteiger partial charge >= 0.3 is 0 Å². The highest BCUT2D eigenvalue weighted by atomic mass is 16.5. The van der Waals surface area contributed by atoms with E-state index in [-0.39, 0.29) is 5.91 Å². The van der Waals surface area contributed by atoms with Gasteiger partial charge in [-0.25, -0.2) is 0 Å². The standard InChI is InChI=1S/C10H14N2O2/c1-2-14-7-6-12-5-3-4-9(8-12)10(11)13/h2-3,5,8H,1,4,6-7H2,(H2,11,13). The SMILES string of the molecule is C=COCCN1C=CCC(C(N)=O)=C1. The zero-order valence-electron chi connectivity index (χ0n) is 7.98. The highest BCUT2D eigenvalue weighted by Crippen LogP contribution is 2.10. The van der Waals surface area contributed by atoms with Gasteiger partial charge in [0.05, 0.1) is 12.8 Å². The number of carbonyl (C=O) groups is 1. The van der Waals surface area contributed by atoms with Crippen molar-refractivity contribution < 1.29 is 9.53 Å². The molecule has 0 aromatic rings. The molecular weight excluding hydrogens is 180 g/mol. The molecule has 4 heteroatoms. The summed E-state index contributed by atoms with van der Waals surface area (Å²) < 4.78 is 4.97. The molecule has 1 rings (SSSR count). The molecule has 0 aromatic heterocycles. The quantitative estimate of drug-likeness (QED) is 0.518. The van der Waals surface area contributed by atoms with Crippen molar-refractivity contribution in [2.75, 3.05) is 13.2 Å². The molecule has 0 radical (unpaired) electrons. The van der Waals surface area contributed by atoms with Gasteiger partial charge in [0.1, 0.15) is 6.61 Å². The summed E-state index contributed by atoms with van der Waals surface area (Å²) >= 11 is 0. The zero-order chi connectivity index (χ0) is 10.4. The van der Waals surface area contributed by atoms with E-state index in [1.807, 2.05) is 17.2 Å². The second-order valence-electron chi connectivity index (χ2n) is 2.88. The summed E-state index contributed by atoms with van der Waals surface area (Å²) in [6.07, 6.45) is 7.54. The number of hydrogen-bond acceptors (Lipinski definition) is 3. The molecule has 0 bridgehead atoms. The molecule has 4 nitrogen and oxygen atoms in total. The molecule has 1 aliphatic heterocycles. The van der Waals surface area contributed by atoms with Crippen LogP contribution in [-0.2, 0) is 9.53 Å². The molecule has 14 heavy (non-hydrogen) atoms. The summed E-state index contributed by atoms with van der Waals surface area (Å²) in [7, 11) is 0. The molecule has 0 saturated heterocycles. The van der Waals surface area contributed by atoms with Crippen LogP contribution in [0.1, 0.15) is 6.42 Å². The van der Waals surface area contributed by atoms with Crippen LogP contribution in [0.4, 0.5) is 0 Å². The van der Waals surface area contributed by atoms with E-state index < -0.39 is 0 Å². The van der Waals surface area contributed by atoms with Gasteiger partial charge in [0, 0.05) is 11.8 Å². The van der Waals surface area contributed by atoms with Crippen LogP contribution in [-0.4, -0.2) is 24.0 Å². The smallest absolute Gasteiger partial charge is 0.246 e. The lowest BCUT2D eigenvalue weighted by molar-refractivity contribution is -0.114. The summed E-state index contributed by atoms with van der Waals surface area (Å²) in [5.74, 6) is -0.371. The number of primary amides is 1. The number of rotatable bonds is 5. The van der Waals surface area contributed by atoms with Gasteiger partial charge in [0.15, 0.2) is 0 Å². The molecule has 76 valence electrons. The molecule has 1 aliphatic rings. The van der Waals surface area contributed by atoms with Crippen LogP contribution in [0.15, 0.2) is 36.9 Å². The van der Waals surface area contributed by atoms with E-state index in [1.54, 1.807) is 6.20 Å². The Morgan fingerprint density at radius 2 is 2.57 bits per heavy atom. The van der Waals surface area contributed by atoms with Gasteiger partial charge in [-0.3, -0.25) is 4.79 Å². The summed E-state index contributed by atoms with van der Waals surface area (Å²) in [5, 5.41) is 0. The van der Waals surface area contributed by atoms with Gasteiger partial charge in [-0.05, 0) is 12.6 Å². The lowest BCUT2D eigenvalue weighted by Gasteiger charge is -2.19. The van der Waals surface area contributed by atoms with Crippen molar-refractivity contribution in [2.24, 2.45) is 5.73 Å². The maximum Gasteiger partial charge on any atom is 0.246 e. The average Bonchev–Trinajstić information content (AvgIpc) is 2.19. The average molecular weight is 194 g/mol. The van der Waals surface area contributed by atoms with E-state index in [4.69, 9.17) is 10.5 Å². The third-order valence-electron chi connectivity index (χ3n) is 1.86. The van der Waals surface area contributed by atoms with Crippen molar-refractivity contribution in [3.63, 3.8) is 0 Å². The first-order chi connectivity index (χ1) is 6.74. The Balaban J connectivity index is 2.45. The van der Waals surface area contributed by atoms with Crippen molar-refractivity contribution >= 4 is 5.91 Å². The Hall–Kier alpha value is -1.71. The zero-order valence-corrected chi connectivity index (χ0v) is 7.98. The van der Waals surface area contributed by atoms with E-state index in [0.717, 1.165) is 0 Å². The Kier molecular flexibility index (Phi) is 3.79. The highest BCUT2D eigenvalue weighted by Gasteiger charge is 2.09. The number of carbonyl (C=O) groups excluding carboxylic acids is 1. The van der Waals surface area contributed by atoms with Gasteiger partial charge in [0.25, 0.3) is 0 Å². The molecule has 0 unspecified atom stereocenters. The number of allylic oxidation sites excluding steroid dienone is 1. The van der Waals surface area contributed by atoms with Crippen LogP contribution < -0.4 is 5.73 Å². The van der Waals surface area contributed by atoms with E-state index in [1.165, 1.54) is 6.26 Å². The second kappa shape index (κ2) is 5.11. The van der Waals surface area contributed by atoms with E-state index in [9.17, 15) is 4.79 Å². The first-order valence-corrected chi connectivity index (χ1v) is 4.39. The number of hydrogen-bond donors (Lipinski definition) is 1. The molecule has 0 aromatic carbocycles. The van der Waals surface area contributed by atoms with E-state index in [0.29, 0.717) is 25.1 Å². The minimum absolute atomic E-state index is 0.371. The first-order valence-electron chi connectivity index (χ1n) is 4.39. The second-order valence-corrected chi connectivity index (χ2v) is 2.88. The maximum absolute atomic E-state index is 10.9. The monoisotopic (exact) mass is 194 g/mol. The van der Waals surface area contributed by atoms with Crippen LogP contribution in [0, 0.1) is 0 Å². The summed E-state index contributed by atoms with van der Waals surface area (Å²) in [4.78, 5) is 12.7. The van der Waals surface area contributed by atoms with Crippen molar-refractivity contribution in [1.29, 1.82) is 0 Å². The Morgan fingerprint density at radius 3 is 3.21 bits per heavy atom. The van der Waals surface area contributed by atoms with Gasteiger partial charge in [-0.2, -0.15) is 0 Å². The normalized spacial score (nSPS) is 14.9. The largest absolute Gasteiger partial charge is 0.500 e. The topological polar surface area (TPSA) is 55.6 Å². The summed E-state index contributed by atoms with van der Waals surface area (Å²) in [6, 6.07) is 0. The minimum atomic E-state index is -0.371. The molecule has 1 amide bonds. The molecule has 0 saturated carbocycles.